The maximum Gasteiger partial charge on any atom is 0.251 e. The van der Waals surface area contributed by atoms with Gasteiger partial charge in [0.25, 0.3) is 5.91 Å². The molecular weight excluding hydrogens is 408 g/mol. The highest BCUT2D eigenvalue weighted by Crippen LogP contribution is 2.18. The minimum Gasteiger partial charge on any atom is -0.374 e. The average molecular weight is 439 g/mol. The molecule has 2 heterocycles. The highest BCUT2D eigenvalue weighted by molar-refractivity contribution is 7.89. The molecule has 1 aromatic carbocycles. The van der Waals surface area contributed by atoms with Gasteiger partial charge < -0.3 is 15.4 Å². The van der Waals surface area contributed by atoms with Gasteiger partial charge in [-0.15, -0.1) is 0 Å². The fourth-order valence-corrected chi connectivity index (χ4v) is 5.11. The van der Waals surface area contributed by atoms with Crippen molar-refractivity contribution in [3.8, 4) is 0 Å². The summed E-state index contributed by atoms with van der Waals surface area (Å²) in [6.07, 6.45) is -0.0970. The van der Waals surface area contributed by atoms with Gasteiger partial charge in [-0.25, -0.2) is 8.42 Å². The van der Waals surface area contributed by atoms with Gasteiger partial charge in [-0.3, -0.25) is 14.5 Å². The zero-order valence-corrected chi connectivity index (χ0v) is 18.3. The lowest BCUT2D eigenvalue weighted by Gasteiger charge is -2.34. The molecule has 0 radical (unpaired) electrons. The molecule has 2 aliphatic heterocycles. The van der Waals surface area contributed by atoms with Gasteiger partial charge in [0.2, 0.25) is 15.9 Å². The Kier molecular flexibility index (Phi) is 7.45. The summed E-state index contributed by atoms with van der Waals surface area (Å²) >= 11 is 0. The molecule has 30 heavy (non-hydrogen) atoms. The van der Waals surface area contributed by atoms with Gasteiger partial charge in [0.15, 0.2) is 0 Å². The van der Waals surface area contributed by atoms with Gasteiger partial charge >= 0.3 is 0 Å². The molecular formula is C20H30N4O5S. The van der Waals surface area contributed by atoms with E-state index in [9.17, 15) is 18.0 Å². The second-order valence-electron chi connectivity index (χ2n) is 8.07. The van der Waals surface area contributed by atoms with Gasteiger partial charge in [-0.05, 0) is 24.1 Å². The SMILES string of the molecule is CC(C)CN1CCO[C@H](CNC(=O)c2cccc(S(=O)(=O)N3CCNC(=O)C3)c2)C1. The Hall–Kier alpha value is -2.01. The predicted octanol–water partition coefficient (Wildman–Crippen LogP) is -0.106. The number of benzene rings is 1. The maximum absolute atomic E-state index is 12.8. The summed E-state index contributed by atoms with van der Waals surface area (Å²) in [4.78, 5) is 26.5. The molecule has 9 nitrogen and oxygen atoms in total. The van der Waals surface area contributed by atoms with Crippen LogP contribution in [-0.2, 0) is 19.6 Å². The standard InChI is InChI=1S/C20H30N4O5S/c1-15(2)12-23-8-9-29-17(13-23)11-22-20(26)16-4-3-5-18(10-16)30(27,28)24-7-6-21-19(25)14-24/h3-5,10,15,17H,6-9,11-14H2,1-2H3,(H,21,25)(H,22,26)/t17-/m1/s1. The molecule has 0 spiro atoms. The summed E-state index contributed by atoms with van der Waals surface area (Å²) in [5.41, 5.74) is 0.257. The quantitative estimate of drug-likeness (QED) is 0.615. The third-order valence-corrected chi connectivity index (χ3v) is 6.92. The highest BCUT2D eigenvalue weighted by Gasteiger charge is 2.29. The summed E-state index contributed by atoms with van der Waals surface area (Å²) in [5, 5.41) is 5.45. The Balaban J connectivity index is 1.61. The van der Waals surface area contributed by atoms with Crippen molar-refractivity contribution >= 4 is 21.8 Å². The number of ether oxygens (including phenoxy) is 1. The molecule has 2 saturated heterocycles. The average Bonchev–Trinajstić information content (AvgIpc) is 2.72. The molecule has 1 atom stereocenters. The van der Waals surface area contributed by atoms with Crippen molar-refractivity contribution in [2.75, 3.05) is 52.4 Å². The van der Waals surface area contributed by atoms with Crippen LogP contribution >= 0.6 is 0 Å². The molecule has 0 bridgehead atoms. The molecule has 0 saturated carbocycles. The number of nitrogens with zero attached hydrogens (tertiary/aromatic N) is 2. The van der Waals surface area contributed by atoms with Crippen LogP contribution in [-0.4, -0.2) is 88.0 Å². The predicted molar refractivity (Wildman–Crippen MR) is 112 cm³/mol. The van der Waals surface area contributed by atoms with E-state index in [4.69, 9.17) is 4.74 Å². The number of morpholine rings is 1. The van der Waals surface area contributed by atoms with E-state index in [1.165, 1.54) is 18.2 Å². The van der Waals surface area contributed by atoms with E-state index >= 15 is 0 Å². The van der Waals surface area contributed by atoms with E-state index in [1.807, 2.05) is 0 Å². The number of amides is 2. The lowest BCUT2D eigenvalue weighted by Crippen LogP contribution is -2.49. The van der Waals surface area contributed by atoms with Crippen molar-refractivity contribution in [2.24, 2.45) is 5.92 Å². The number of sulfonamides is 1. The van der Waals surface area contributed by atoms with Crippen LogP contribution < -0.4 is 10.6 Å². The molecule has 166 valence electrons. The third kappa shape index (κ3) is 5.78. The maximum atomic E-state index is 12.8. The van der Waals surface area contributed by atoms with E-state index in [-0.39, 0.29) is 48.0 Å². The monoisotopic (exact) mass is 438 g/mol. The number of carbonyl (C=O) groups is 2. The summed E-state index contributed by atoms with van der Waals surface area (Å²) in [6.45, 7) is 8.21. The fourth-order valence-electron chi connectivity index (χ4n) is 3.66. The Labute approximate surface area is 177 Å². The molecule has 0 aliphatic carbocycles. The first-order valence-corrected chi connectivity index (χ1v) is 11.7. The van der Waals surface area contributed by atoms with Crippen LogP contribution in [0, 0.1) is 5.92 Å². The second kappa shape index (κ2) is 9.86. The summed E-state index contributed by atoms with van der Waals surface area (Å²) in [7, 11) is -3.84. The molecule has 2 N–H and O–H groups in total. The zero-order chi connectivity index (χ0) is 21.7. The van der Waals surface area contributed by atoms with Gasteiger partial charge in [-0.2, -0.15) is 4.31 Å². The minimum atomic E-state index is -3.84. The number of carbonyl (C=O) groups excluding carboxylic acids is 2. The zero-order valence-electron chi connectivity index (χ0n) is 17.5. The highest BCUT2D eigenvalue weighted by atomic mass is 32.2. The van der Waals surface area contributed by atoms with Crippen molar-refractivity contribution in [3.05, 3.63) is 29.8 Å². The number of rotatable bonds is 7. The molecule has 2 aliphatic rings. The van der Waals surface area contributed by atoms with Crippen molar-refractivity contribution in [1.82, 2.24) is 19.8 Å². The molecule has 0 unspecified atom stereocenters. The second-order valence-corrected chi connectivity index (χ2v) is 10.0. The van der Waals surface area contributed by atoms with Gasteiger partial charge in [0, 0.05) is 44.8 Å². The lowest BCUT2D eigenvalue weighted by atomic mass is 10.1. The first-order valence-electron chi connectivity index (χ1n) is 10.2. The minimum absolute atomic E-state index is 0.00174. The Morgan fingerprint density at radius 3 is 2.87 bits per heavy atom. The first-order chi connectivity index (χ1) is 14.3. The van der Waals surface area contributed by atoms with Gasteiger partial charge in [0.1, 0.15) is 0 Å². The van der Waals surface area contributed by atoms with Gasteiger partial charge in [0.05, 0.1) is 24.2 Å². The molecule has 1 aromatic rings. The number of hydrogen-bond donors (Lipinski definition) is 2. The summed E-state index contributed by atoms with van der Waals surface area (Å²) < 4.78 is 32.5. The molecule has 0 aromatic heterocycles. The van der Waals surface area contributed by atoms with E-state index in [1.54, 1.807) is 6.07 Å². The van der Waals surface area contributed by atoms with Gasteiger partial charge in [-0.1, -0.05) is 19.9 Å². The van der Waals surface area contributed by atoms with E-state index < -0.39 is 10.0 Å². The van der Waals surface area contributed by atoms with Crippen molar-refractivity contribution in [2.45, 2.75) is 24.8 Å². The topological polar surface area (TPSA) is 108 Å². The largest absolute Gasteiger partial charge is 0.374 e. The van der Waals surface area contributed by atoms with Crippen molar-refractivity contribution < 1.29 is 22.7 Å². The van der Waals surface area contributed by atoms with Crippen LogP contribution in [0.1, 0.15) is 24.2 Å². The van der Waals surface area contributed by atoms with Crippen LogP contribution in [0.5, 0.6) is 0 Å². The molecule has 2 amide bonds. The number of hydrogen-bond acceptors (Lipinski definition) is 6. The van der Waals surface area contributed by atoms with Crippen LogP contribution in [0.4, 0.5) is 0 Å². The van der Waals surface area contributed by atoms with Crippen molar-refractivity contribution in [1.29, 1.82) is 0 Å². The van der Waals surface area contributed by atoms with Crippen LogP contribution in [0.3, 0.4) is 0 Å². The van der Waals surface area contributed by atoms with Crippen LogP contribution in [0.15, 0.2) is 29.2 Å². The summed E-state index contributed by atoms with van der Waals surface area (Å²) in [6, 6.07) is 5.90. The Bertz CT molecular complexity index is 874. The first kappa shape index (κ1) is 22.7. The third-order valence-electron chi connectivity index (χ3n) is 5.07. The van der Waals surface area contributed by atoms with Crippen LogP contribution in [0.25, 0.3) is 0 Å². The van der Waals surface area contributed by atoms with E-state index in [2.05, 4.69) is 29.4 Å². The van der Waals surface area contributed by atoms with E-state index in [0.717, 1.165) is 23.9 Å². The summed E-state index contributed by atoms with van der Waals surface area (Å²) in [5.74, 6) is -0.125. The van der Waals surface area contributed by atoms with E-state index in [0.29, 0.717) is 19.1 Å². The molecule has 3 rings (SSSR count). The molecule has 10 heteroatoms. The fraction of sp³-hybridized carbons (Fsp3) is 0.600. The smallest absolute Gasteiger partial charge is 0.251 e. The van der Waals surface area contributed by atoms with Crippen LogP contribution in [0.2, 0.25) is 0 Å². The van der Waals surface area contributed by atoms with Crippen molar-refractivity contribution in [3.63, 3.8) is 0 Å². The Morgan fingerprint density at radius 2 is 2.13 bits per heavy atom. The number of nitrogens with one attached hydrogen (secondary N) is 2. The Morgan fingerprint density at radius 1 is 1.33 bits per heavy atom. The normalized spacial score (nSPS) is 21.4. The number of piperazine rings is 1. The lowest BCUT2D eigenvalue weighted by molar-refractivity contribution is -0.122. The molecule has 2 fully saturated rings.